The van der Waals surface area contributed by atoms with Crippen LogP contribution in [0.4, 0.5) is 0 Å². The predicted octanol–water partition coefficient (Wildman–Crippen LogP) is 2.01. The Labute approximate surface area is 145 Å². The lowest BCUT2D eigenvalue weighted by molar-refractivity contribution is 0.344. The molecule has 0 amide bonds. The first kappa shape index (κ1) is 17.1. The average molecular weight is 362 g/mol. The van der Waals surface area contributed by atoms with Gasteiger partial charge in [0, 0.05) is 11.6 Å². The third kappa shape index (κ3) is 2.37. The monoisotopic (exact) mass is 362 g/mol. The minimum atomic E-state index is -1.02. The maximum absolute atomic E-state index is 12.4. The Kier molecular flexibility index (Phi) is 3.91. The zero-order chi connectivity index (χ0) is 19.2. The number of phenols is 4. The summed E-state index contributed by atoms with van der Waals surface area (Å²) >= 11 is 0. The summed E-state index contributed by atoms with van der Waals surface area (Å²) in [5, 5.41) is 49.7. The largest absolute Gasteiger partial charge is 0.507 e. The van der Waals surface area contributed by atoms with E-state index in [1.807, 2.05) is 0 Å². The molecular formula is C17H14O9. The third-order valence-electron chi connectivity index (χ3n) is 3.80. The van der Waals surface area contributed by atoms with Gasteiger partial charge in [-0.1, -0.05) is 0 Å². The van der Waals surface area contributed by atoms with Crippen LogP contribution in [0, 0.1) is 0 Å². The highest BCUT2D eigenvalue weighted by Crippen LogP contribution is 2.45. The van der Waals surface area contributed by atoms with Crippen molar-refractivity contribution >= 4 is 11.0 Å². The molecule has 2 aromatic carbocycles. The van der Waals surface area contributed by atoms with Gasteiger partial charge in [0.15, 0.2) is 28.6 Å². The summed E-state index contributed by atoms with van der Waals surface area (Å²) in [6.07, 6.45) is 0. The summed E-state index contributed by atoms with van der Waals surface area (Å²) in [6.45, 7) is 0. The van der Waals surface area contributed by atoms with Crippen LogP contribution in [0.25, 0.3) is 22.3 Å². The van der Waals surface area contributed by atoms with Crippen molar-refractivity contribution in [2.24, 2.45) is 0 Å². The van der Waals surface area contributed by atoms with Crippen molar-refractivity contribution in [2.45, 2.75) is 0 Å². The number of benzene rings is 2. The molecule has 3 aromatic rings. The van der Waals surface area contributed by atoms with Crippen molar-refractivity contribution in [3.8, 4) is 51.6 Å². The Morgan fingerprint density at radius 1 is 0.846 bits per heavy atom. The summed E-state index contributed by atoms with van der Waals surface area (Å²) in [5.41, 5.74) is -1.53. The molecule has 0 spiro atoms. The molecule has 0 aliphatic carbocycles. The molecule has 3 rings (SSSR count). The van der Waals surface area contributed by atoms with Gasteiger partial charge in [-0.3, -0.25) is 4.79 Å². The van der Waals surface area contributed by atoms with Crippen molar-refractivity contribution < 1.29 is 39.4 Å². The maximum atomic E-state index is 12.4. The highest BCUT2D eigenvalue weighted by Gasteiger charge is 2.24. The fourth-order valence-electron chi connectivity index (χ4n) is 2.59. The van der Waals surface area contributed by atoms with Crippen molar-refractivity contribution in [1.29, 1.82) is 0 Å². The molecule has 0 saturated heterocycles. The minimum Gasteiger partial charge on any atom is -0.507 e. The lowest BCUT2D eigenvalue weighted by Crippen LogP contribution is -2.03. The number of hydrogen-bond donors (Lipinski definition) is 5. The van der Waals surface area contributed by atoms with Gasteiger partial charge in [-0.2, -0.15) is 0 Å². The molecule has 0 saturated carbocycles. The van der Waals surface area contributed by atoms with Crippen LogP contribution in [-0.2, 0) is 0 Å². The second-order valence-electron chi connectivity index (χ2n) is 5.31. The normalized spacial score (nSPS) is 10.8. The number of hydrogen-bond acceptors (Lipinski definition) is 9. The molecule has 0 atom stereocenters. The van der Waals surface area contributed by atoms with Gasteiger partial charge in [0.25, 0.3) is 0 Å². The van der Waals surface area contributed by atoms with E-state index in [-0.39, 0.29) is 17.1 Å². The highest BCUT2D eigenvalue weighted by atomic mass is 16.5. The molecule has 0 radical (unpaired) electrons. The molecule has 9 nitrogen and oxygen atoms in total. The van der Waals surface area contributed by atoms with E-state index in [2.05, 4.69) is 0 Å². The molecule has 0 unspecified atom stereocenters. The average Bonchev–Trinajstić information content (AvgIpc) is 2.59. The van der Waals surface area contributed by atoms with Crippen LogP contribution in [0.3, 0.4) is 0 Å². The van der Waals surface area contributed by atoms with Crippen LogP contribution in [0.2, 0.25) is 0 Å². The lowest BCUT2D eigenvalue weighted by atomic mass is 10.1. The fraction of sp³-hybridized carbons (Fsp3) is 0.118. The zero-order valence-corrected chi connectivity index (χ0v) is 13.6. The number of phenolic OH excluding ortho intramolecular Hbond substituents is 4. The molecule has 5 N–H and O–H groups in total. The van der Waals surface area contributed by atoms with E-state index in [9.17, 15) is 30.3 Å². The summed E-state index contributed by atoms with van der Waals surface area (Å²) in [7, 11) is 2.47. The smallest absolute Gasteiger partial charge is 0.238 e. The van der Waals surface area contributed by atoms with Gasteiger partial charge in [-0.15, -0.1) is 0 Å². The van der Waals surface area contributed by atoms with Crippen molar-refractivity contribution in [3.05, 3.63) is 28.4 Å². The molecule has 1 heterocycles. The number of ether oxygens (including phenoxy) is 2. The van der Waals surface area contributed by atoms with Crippen LogP contribution in [-0.4, -0.2) is 39.8 Å². The van der Waals surface area contributed by atoms with Gasteiger partial charge in [0.05, 0.1) is 14.2 Å². The summed E-state index contributed by atoms with van der Waals surface area (Å²) in [5.74, 6) is -3.77. The second-order valence-corrected chi connectivity index (χ2v) is 5.31. The zero-order valence-electron chi connectivity index (χ0n) is 13.6. The SMILES string of the molecule is COc1cc(O)c2c(=O)c(O)c(-c3cc(O)c(OC)c(O)c3)oc2c1O. The summed E-state index contributed by atoms with van der Waals surface area (Å²) in [4.78, 5) is 12.4. The van der Waals surface area contributed by atoms with Crippen LogP contribution >= 0.6 is 0 Å². The quantitative estimate of drug-likeness (QED) is 0.441. The van der Waals surface area contributed by atoms with E-state index < -0.39 is 50.9 Å². The molecule has 9 heteroatoms. The van der Waals surface area contributed by atoms with Crippen molar-refractivity contribution in [3.63, 3.8) is 0 Å². The van der Waals surface area contributed by atoms with E-state index >= 15 is 0 Å². The van der Waals surface area contributed by atoms with Gasteiger partial charge in [0.2, 0.25) is 22.7 Å². The Morgan fingerprint density at radius 2 is 1.46 bits per heavy atom. The molecule has 1 aromatic heterocycles. The van der Waals surface area contributed by atoms with E-state index in [4.69, 9.17) is 13.9 Å². The van der Waals surface area contributed by atoms with Gasteiger partial charge in [-0.05, 0) is 12.1 Å². The number of fused-ring (bicyclic) bond motifs is 1. The van der Waals surface area contributed by atoms with E-state index in [1.165, 1.54) is 14.2 Å². The standard InChI is InChI=1S/C17H14O9/c1-24-10-5-7(18)11-13(22)14(23)15(26-17(11)12(10)21)6-3-8(19)16(25-2)9(20)4-6/h3-5,18-21,23H,1-2H3. The molecule has 136 valence electrons. The van der Waals surface area contributed by atoms with E-state index in [0.29, 0.717) is 0 Å². The van der Waals surface area contributed by atoms with Gasteiger partial charge in [0.1, 0.15) is 11.1 Å². The number of methoxy groups -OCH3 is 2. The van der Waals surface area contributed by atoms with Crippen LogP contribution in [0.1, 0.15) is 0 Å². The maximum Gasteiger partial charge on any atom is 0.238 e. The van der Waals surface area contributed by atoms with Crippen LogP contribution in [0.15, 0.2) is 27.4 Å². The Hall–Kier alpha value is -3.75. The molecular weight excluding hydrogens is 348 g/mol. The molecule has 0 fully saturated rings. The third-order valence-corrected chi connectivity index (χ3v) is 3.80. The summed E-state index contributed by atoms with van der Waals surface area (Å²) in [6, 6.07) is 3.16. The fourth-order valence-corrected chi connectivity index (χ4v) is 2.59. The highest BCUT2D eigenvalue weighted by molar-refractivity contribution is 5.93. The Bertz CT molecular complexity index is 1060. The van der Waals surface area contributed by atoms with Crippen LogP contribution < -0.4 is 14.9 Å². The van der Waals surface area contributed by atoms with Gasteiger partial charge in [-0.25, -0.2) is 0 Å². The molecule has 0 aliphatic heterocycles. The van der Waals surface area contributed by atoms with Gasteiger partial charge >= 0.3 is 0 Å². The molecule has 0 bridgehead atoms. The van der Waals surface area contributed by atoms with E-state index in [1.54, 1.807) is 0 Å². The molecule has 0 aliphatic rings. The number of aromatic hydroxyl groups is 5. The predicted molar refractivity (Wildman–Crippen MR) is 89.3 cm³/mol. The van der Waals surface area contributed by atoms with Crippen molar-refractivity contribution in [1.82, 2.24) is 0 Å². The number of rotatable bonds is 3. The Balaban J connectivity index is 2.40. The lowest BCUT2D eigenvalue weighted by Gasteiger charge is -2.12. The first-order chi connectivity index (χ1) is 12.3. The summed E-state index contributed by atoms with van der Waals surface area (Å²) < 4.78 is 15.1. The first-order valence-corrected chi connectivity index (χ1v) is 7.19. The van der Waals surface area contributed by atoms with Gasteiger partial charge < -0.3 is 39.4 Å². The Morgan fingerprint density at radius 3 is 2.00 bits per heavy atom. The van der Waals surface area contributed by atoms with Crippen LogP contribution in [0.5, 0.6) is 40.2 Å². The van der Waals surface area contributed by atoms with Crippen molar-refractivity contribution in [2.75, 3.05) is 14.2 Å². The minimum absolute atomic E-state index is 0.0704. The first-order valence-electron chi connectivity index (χ1n) is 7.19. The topological polar surface area (TPSA) is 150 Å². The molecule has 26 heavy (non-hydrogen) atoms. The second kappa shape index (κ2) is 5.96. The van der Waals surface area contributed by atoms with E-state index in [0.717, 1.165) is 18.2 Å².